The lowest BCUT2D eigenvalue weighted by Gasteiger charge is -2.33. The Labute approximate surface area is 154 Å². The van der Waals surface area contributed by atoms with E-state index in [1.54, 1.807) is 10.6 Å². The number of nitrogens with zero attached hydrogens (tertiary/aromatic N) is 5. The minimum atomic E-state index is -0.0988. The Kier molecular flexibility index (Phi) is 3.64. The Balaban J connectivity index is 1.45. The van der Waals surface area contributed by atoms with E-state index in [2.05, 4.69) is 20.4 Å². The number of aryl methyl sites for hydroxylation is 1. The Morgan fingerprint density at radius 2 is 2.19 bits per heavy atom. The fourth-order valence-electron chi connectivity index (χ4n) is 3.58. The van der Waals surface area contributed by atoms with Crippen LogP contribution >= 0.6 is 0 Å². The molecule has 4 heterocycles. The molecule has 5 rings (SSSR count). The summed E-state index contributed by atoms with van der Waals surface area (Å²) in [6, 6.07) is 11.4. The molecule has 1 aliphatic rings. The van der Waals surface area contributed by atoms with Crippen LogP contribution in [0.5, 0.6) is 0 Å². The zero-order valence-corrected chi connectivity index (χ0v) is 14.8. The molecule has 27 heavy (non-hydrogen) atoms. The van der Waals surface area contributed by atoms with Crippen molar-refractivity contribution < 1.29 is 9.21 Å². The number of furan rings is 1. The van der Waals surface area contributed by atoms with Gasteiger partial charge in [-0.25, -0.2) is 4.98 Å². The number of aromatic nitrogens is 4. The minimum Gasteiger partial charge on any atom is -0.451 e. The fraction of sp³-hybridized carbons (Fsp3) is 0.263. The molecule has 0 aliphatic carbocycles. The summed E-state index contributed by atoms with van der Waals surface area (Å²) in [5, 5.41) is 8.67. The third-order valence-electron chi connectivity index (χ3n) is 4.86. The van der Waals surface area contributed by atoms with Crippen molar-refractivity contribution in [1.29, 1.82) is 0 Å². The van der Waals surface area contributed by atoms with E-state index in [1.807, 2.05) is 42.2 Å². The van der Waals surface area contributed by atoms with Crippen LogP contribution in [0.3, 0.4) is 0 Å². The number of piperazine rings is 1. The molecule has 1 atom stereocenters. The van der Waals surface area contributed by atoms with Crippen LogP contribution in [0.4, 0.5) is 0 Å². The second kappa shape index (κ2) is 6.17. The van der Waals surface area contributed by atoms with Gasteiger partial charge < -0.3 is 14.6 Å². The van der Waals surface area contributed by atoms with Crippen LogP contribution in [0.15, 0.2) is 47.1 Å². The van der Waals surface area contributed by atoms with Crippen molar-refractivity contribution in [3.05, 3.63) is 59.9 Å². The maximum Gasteiger partial charge on any atom is 0.289 e. The molecule has 1 N–H and O–H groups in total. The molecule has 1 fully saturated rings. The summed E-state index contributed by atoms with van der Waals surface area (Å²) in [5.41, 5.74) is 2.53. The van der Waals surface area contributed by atoms with E-state index >= 15 is 0 Å². The monoisotopic (exact) mass is 362 g/mol. The van der Waals surface area contributed by atoms with Crippen LogP contribution in [-0.4, -0.2) is 50.0 Å². The summed E-state index contributed by atoms with van der Waals surface area (Å²) >= 11 is 0. The van der Waals surface area contributed by atoms with Crippen LogP contribution in [-0.2, 0) is 0 Å². The van der Waals surface area contributed by atoms with Crippen molar-refractivity contribution in [3.8, 4) is 0 Å². The number of para-hydroxylation sites is 1. The third-order valence-corrected chi connectivity index (χ3v) is 4.86. The summed E-state index contributed by atoms with van der Waals surface area (Å²) in [5.74, 6) is 0.833. The van der Waals surface area contributed by atoms with E-state index < -0.39 is 0 Å². The zero-order chi connectivity index (χ0) is 18.4. The molecule has 0 bridgehead atoms. The van der Waals surface area contributed by atoms with Crippen molar-refractivity contribution in [3.63, 3.8) is 0 Å². The van der Waals surface area contributed by atoms with Gasteiger partial charge in [-0.15, -0.1) is 0 Å². The van der Waals surface area contributed by atoms with E-state index in [4.69, 9.17) is 4.42 Å². The van der Waals surface area contributed by atoms with Gasteiger partial charge in [-0.3, -0.25) is 4.79 Å². The molecule has 8 nitrogen and oxygen atoms in total. The molecule has 3 aromatic heterocycles. The lowest BCUT2D eigenvalue weighted by Crippen LogP contribution is -2.48. The maximum atomic E-state index is 13.0. The Morgan fingerprint density at radius 3 is 3.07 bits per heavy atom. The van der Waals surface area contributed by atoms with Gasteiger partial charge >= 0.3 is 0 Å². The van der Waals surface area contributed by atoms with E-state index in [1.165, 1.54) is 6.33 Å². The largest absolute Gasteiger partial charge is 0.451 e. The average Bonchev–Trinajstić information content (AvgIpc) is 3.33. The Bertz CT molecular complexity index is 1110. The summed E-state index contributed by atoms with van der Waals surface area (Å²) in [4.78, 5) is 23.4. The predicted octanol–water partition coefficient (Wildman–Crippen LogP) is 1.97. The normalized spacial score (nSPS) is 17.7. The van der Waals surface area contributed by atoms with Crippen LogP contribution in [0.1, 0.15) is 28.0 Å². The standard InChI is InChI=1S/C19H18N6O2/c1-12-8-15(25-19(23-12)21-11-22-25)14-10-24(7-6-20-14)18(26)17-9-13-4-2-3-5-16(13)27-17/h2-5,8-9,11,14,20H,6-7,10H2,1H3/t14-/m0/s1. The number of hydrogen-bond donors (Lipinski definition) is 1. The van der Waals surface area contributed by atoms with Gasteiger partial charge in [0.25, 0.3) is 11.7 Å². The third kappa shape index (κ3) is 2.74. The molecular formula is C19H18N6O2. The number of carbonyl (C=O) groups is 1. The van der Waals surface area contributed by atoms with Gasteiger partial charge in [-0.1, -0.05) is 18.2 Å². The lowest BCUT2D eigenvalue weighted by molar-refractivity contribution is 0.0671. The number of fused-ring (bicyclic) bond motifs is 2. The first-order chi connectivity index (χ1) is 13.2. The molecular weight excluding hydrogens is 344 g/mol. The van der Waals surface area contributed by atoms with E-state index in [0.717, 1.165) is 22.4 Å². The van der Waals surface area contributed by atoms with Gasteiger partial charge in [0.05, 0.1) is 11.7 Å². The van der Waals surface area contributed by atoms with Gasteiger partial charge in [-0.05, 0) is 25.1 Å². The second-order valence-electron chi connectivity index (χ2n) is 6.70. The topological polar surface area (TPSA) is 88.6 Å². The summed E-state index contributed by atoms with van der Waals surface area (Å²) in [6.07, 6.45) is 1.49. The number of carbonyl (C=O) groups excluding carboxylic acids is 1. The smallest absolute Gasteiger partial charge is 0.289 e. The van der Waals surface area contributed by atoms with Crippen molar-refractivity contribution in [2.24, 2.45) is 0 Å². The summed E-state index contributed by atoms with van der Waals surface area (Å²) in [7, 11) is 0. The van der Waals surface area contributed by atoms with E-state index in [0.29, 0.717) is 31.2 Å². The first-order valence-corrected chi connectivity index (χ1v) is 8.87. The molecule has 1 aliphatic heterocycles. The van der Waals surface area contributed by atoms with Gasteiger partial charge in [0.15, 0.2) is 5.76 Å². The SMILES string of the molecule is Cc1cc([C@@H]2CN(C(=O)c3cc4ccccc4o3)CCN2)n2ncnc2n1. The van der Waals surface area contributed by atoms with E-state index in [9.17, 15) is 4.79 Å². The number of rotatable bonds is 2. The van der Waals surface area contributed by atoms with Gasteiger partial charge in [0.2, 0.25) is 0 Å². The molecule has 4 aromatic rings. The molecule has 1 saturated heterocycles. The highest BCUT2D eigenvalue weighted by molar-refractivity contribution is 5.96. The average molecular weight is 362 g/mol. The van der Waals surface area contributed by atoms with Crippen molar-refractivity contribution >= 4 is 22.7 Å². The lowest BCUT2D eigenvalue weighted by atomic mass is 10.1. The summed E-state index contributed by atoms with van der Waals surface area (Å²) < 4.78 is 7.47. The number of benzene rings is 1. The Hall–Kier alpha value is -3.26. The highest BCUT2D eigenvalue weighted by Gasteiger charge is 2.28. The molecule has 0 saturated carbocycles. The first-order valence-electron chi connectivity index (χ1n) is 8.87. The van der Waals surface area contributed by atoms with Gasteiger partial charge in [0.1, 0.15) is 11.9 Å². The number of hydrogen-bond acceptors (Lipinski definition) is 6. The second-order valence-corrected chi connectivity index (χ2v) is 6.70. The number of amides is 1. The van der Waals surface area contributed by atoms with Crippen molar-refractivity contribution in [1.82, 2.24) is 29.8 Å². The first kappa shape index (κ1) is 16.0. The fourth-order valence-corrected chi connectivity index (χ4v) is 3.58. The van der Waals surface area contributed by atoms with Crippen molar-refractivity contribution in [2.75, 3.05) is 19.6 Å². The highest BCUT2D eigenvalue weighted by Crippen LogP contribution is 2.23. The van der Waals surface area contributed by atoms with Gasteiger partial charge in [0, 0.05) is 30.7 Å². The number of nitrogens with one attached hydrogen (secondary N) is 1. The van der Waals surface area contributed by atoms with Crippen molar-refractivity contribution in [2.45, 2.75) is 13.0 Å². The molecule has 8 heteroatoms. The van der Waals surface area contributed by atoms with Gasteiger partial charge in [-0.2, -0.15) is 14.6 Å². The molecule has 1 aromatic carbocycles. The Morgan fingerprint density at radius 1 is 1.30 bits per heavy atom. The highest BCUT2D eigenvalue weighted by atomic mass is 16.3. The molecule has 0 unspecified atom stereocenters. The maximum absolute atomic E-state index is 13.0. The van der Waals surface area contributed by atoms with E-state index in [-0.39, 0.29) is 11.9 Å². The quantitative estimate of drug-likeness (QED) is 0.586. The molecule has 0 spiro atoms. The van der Waals surface area contributed by atoms with Crippen LogP contribution in [0.2, 0.25) is 0 Å². The summed E-state index contributed by atoms with van der Waals surface area (Å²) in [6.45, 7) is 3.76. The van der Waals surface area contributed by atoms with Crippen LogP contribution in [0, 0.1) is 6.92 Å². The predicted molar refractivity (Wildman–Crippen MR) is 98.4 cm³/mol. The van der Waals surface area contributed by atoms with Crippen LogP contribution in [0.25, 0.3) is 16.7 Å². The van der Waals surface area contributed by atoms with Crippen LogP contribution < -0.4 is 5.32 Å². The zero-order valence-electron chi connectivity index (χ0n) is 14.8. The molecule has 136 valence electrons. The molecule has 1 amide bonds. The minimum absolute atomic E-state index is 0.0574. The molecule has 0 radical (unpaired) electrons.